The molecule has 0 aliphatic rings. The summed E-state index contributed by atoms with van der Waals surface area (Å²) in [5, 5.41) is 0. The van der Waals surface area contributed by atoms with Crippen LogP contribution in [0.3, 0.4) is 0 Å². The van der Waals surface area contributed by atoms with Gasteiger partial charge in [-0.15, -0.1) is 0 Å². The monoisotopic (exact) mass is 683 g/mol. The summed E-state index contributed by atoms with van der Waals surface area (Å²) in [5.74, 6) is -1.02. The molecule has 0 aromatic carbocycles. The number of carbonyl (C=O) groups excluding carboxylic acids is 3. The topological polar surface area (TPSA) is 78.9 Å². The SMILES string of the molecule is CC/C=C\C/C=C\C/C=C\C/C=C\C/C=C\C/C=C\CCC(=O)OC(COC(=O)CCCCCCCC)COC(=O)CCCCCCCC. The van der Waals surface area contributed by atoms with Crippen LogP contribution in [0.5, 0.6) is 0 Å². The molecule has 0 bridgehead atoms. The van der Waals surface area contributed by atoms with Crippen LogP contribution in [-0.4, -0.2) is 37.2 Å². The van der Waals surface area contributed by atoms with Crippen LogP contribution < -0.4 is 0 Å². The second-order valence-corrected chi connectivity index (χ2v) is 12.5. The van der Waals surface area contributed by atoms with Gasteiger partial charge in [0.1, 0.15) is 13.2 Å². The van der Waals surface area contributed by atoms with E-state index in [-0.39, 0.29) is 31.6 Å². The van der Waals surface area contributed by atoms with Crippen LogP contribution in [-0.2, 0) is 28.6 Å². The molecule has 0 N–H and O–H groups in total. The van der Waals surface area contributed by atoms with E-state index in [4.69, 9.17) is 14.2 Å². The quantitative estimate of drug-likeness (QED) is 0.0297. The highest BCUT2D eigenvalue weighted by Crippen LogP contribution is 2.10. The van der Waals surface area contributed by atoms with Crippen LogP contribution >= 0.6 is 0 Å². The molecule has 0 heterocycles. The van der Waals surface area contributed by atoms with Crippen molar-refractivity contribution < 1.29 is 28.6 Å². The van der Waals surface area contributed by atoms with E-state index in [9.17, 15) is 14.4 Å². The van der Waals surface area contributed by atoms with E-state index >= 15 is 0 Å². The average molecular weight is 683 g/mol. The maximum atomic E-state index is 12.6. The maximum Gasteiger partial charge on any atom is 0.306 e. The third-order valence-corrected chi connectivity index (χ3v) is 7.74. The Morgan fingerprint density at radius 2 is 0.796 bits per heavy atom. The molecule has 0 saturated heterocycles. The van der Waals surface area contributed by atoms with Crippen molar-refractivity contribution in [3.63, 3.8) is 0 Å². The normalized spacial score (nSPS) is 12.2. The number of hydrogen-bond acceptors (Lipinski definition) is 6. The molecule has 6 nitrogen and oxygen atoms in total. The molecule has 0 amide bonds. The largest absolute Gasteiger partial charge is 0.462 e. The lowest BCUT2D eigenvalue weighted by Crippen LogP contribution is -2.30. The van der Waals surface area contributed by atoms with Crippen molar-refractivity contribution >= 4 is 17.9 Å². The van der Waals surface area contributed by atoms with Gasteiger partial charge in [0.15, 0.2) is 6.10 Å². The van der Waals surface area contributed by atoms with Gasteiger partial charge in [0, 0.05) is 19.3 Å². The number of hydrogen-bond donors (Lipinski definition) is 0. The van der Waals surface area contributed by atoms with Crippen molar-refractivity contribution in [2.75, 3.05) is 13.2 Å². The second-order valence-electron chi connectivity index (χ2n) is 12.5. The molecule has 0 unspecified atom stereocenters. The molecular weight excluding hydrogens is 612 g/mol. The Bertz CT molecular complexity index is 939. The number of unbranched alkanes of at least 4 members (excludes halogenated alkanes) is 10. The van der Waals surface area contributed by atoms with E-state index < -0.39 is 12.1 Å². The fraction of sp³-hybridized carbons (Fsp3) is 0.651. The lowest BCUT2D eigenvalue weighted by molar-refractivity contribution is -0.166. The molecular formula is C43H70O6. The van der Waals surface area contributed by atoms with Gasteiger partial charge >= 0.3 is 17.9 Å². The highest BCUT2D eigenvalue weighted by molar-refractivity contribution is 5.71. The highest BCUT2D eigenvalue weighted by atomic mass is 16.6. The second kappa shape index (κ2) is 37.7. The van der Waals surface area contributed by atoms with Crippen molar-refractivity contribution in [2.24, 2.45) is 0 Å². The summed E-state index contributed by atoms with van der Waals surface area (Å²) in [4.78, 5) is 37.1. The zero-order chi connectivity index (χ0) is 35.9. The van der Waals surface area contributed by atoms with Crippen LogP contribution in [0.4, 0.5) is 0 Å². The van der Waals surface area contributed by atoms with Crippen LogP contribution in [0.1, 0.15) is 162 Å². The number of ether oxygens (including phenoxy) is 3. The highest BCUT2D eigenvalue weighted by Gasteiger charge is 2.19. The van der Waals surface area contributed by atoms with E-state index in [1.54, 1.807) is 0 Å². The lowest BCUT2D eigenvalue weighted by Gasteiger charge is -2.18. The minimum Gasteiger partial charge on any atom is -0.462 e. The molecule has 278 valence electrons. The molecule has 6 heteroatoms. The van der Waals surface area contributed by atoms with Gasteiger partial charge in [-0.05, 0) is 57.8 Å². The molecule has 0 rings (SSSR count). The summed E-state index contributed by atoms with van der Waals surface area (Å²) in [6.45, 7) is 6.29. The minimum absolute atomic E-state index is 0.107. The van der Waals surface area contributed by atoms with E-state index in [0.29, 0.717) is 19.3 Å². The predicted molar refractivity (Wildman–Crippen MR) is 205 cm³/mol. The standard InChI is InChI=1S/C43H70O6/c1-4-7-10-13-16-17-18-19-20-21-22-23-24-25-26-27-28-31-34-37-43(46)49-40(38-47-41(44)35-32-29-14-11-8-5-2)39-48-42(45)36-33-30-15-12-9-6-3/h7,10,16-17,19-20,22-23,25-26,28,31,40H,4-6,8-9,11-15,18,21,24,27,29-30,32-39H2,1-3H3/b10-7-,17-16-,20-19-,23-22-,26-25-,31-28-. The first-order chi connectivity index (χ1) is 24.0. The summed E-state index contributed by atoms with van der Waals surface area (Å²) in [5.41, 5.74) is 0. The summed E-state index contributed by atoms with van der Waals surface area (Å²) in [6.07, 6.45) is 45.1. The Kier molecular flexibility index (Phi) is 35.2. The average Bonchev–Trinajstić information content (AvgIpc) is 3.10. The van der Waals surface area contributed by atoms with Gasteiger partial charge in [0.25, 0.3) is 0 Å². The first-order valence-corrected chi connectivity index (χ1v) is 19.4. The van der Waals surface area contributed by atoms with Gasteiger partial charge in [0.05, 0.1) is 0 Å². The third kappa shape index (κ3) is 36.0. The summed E-state index contributed by atoms with van der Waals surface area (Å²) < 4.78 is 16.4. The van der Waals surface area contributed by atoms with Crippen molar-refractivity contribution in [1.29, 1.82) is 0 Å². The van der Waals surface area contributed by atoms with Gasteiger partial charge < -0.3 is 14.2 Å². The molecule has 0 radical (unpaired) electrons. The Balaban J connectivity index is 4.40. The van der Waals surface area contributed by atoms with Gasteiger partial charge in [0.2, 0.25) is 0 Å². The molecule has 0 spiro atoms. The van der Waals surface area contributed by atoms with E-state index in [2.05, 4.69) is 81.5 Å². The van der Waals surface area contributed by atoms with Crippen molar-refractivity contribution in [3.8, 4) is 0 Å². The molecule has 0 aromatic heterocycles. The zero-order valence-electron chi connectivity index (χ0n) is 31.4. The summed E-state index contributed by atoms with van der Waals surface area (Å²) >= 11 is 0. The summed E-state index contributed by atoms with van der Waals surface area (Å²) in [6, 6.07) is 0. The van der Waals surface area contributed by atoms with E-state index in [0.717, 1.165) is 77.0 Å². The Labute approximate surface area is 300 Å². The van der Waals surface area contributed by atoms with E-state index in [1.165, 1.54) is 38.5 Å². The third-order valence-electron chi connectivity index (χ3n) is 7.74. The van der Waals surface area contributed by atoms with Crippen LogP contribution in [0.25, 0.3) is 0 Å². The molecule has 0 aromatic rings. The Morgan fingerprint density at radius 3 is 1.20 bits per heavy atom. The van der Waals surface area contributed by atoms with Crippen LogP contribution in [0.2, 0.25) is 0 Å². The minimum atomic E-state index is -0.806. The van der Waals surface area contributed by atoms with Crippen LogP contribution in [0, 0.1) is 0 Å². The number of carbonyl (C=O) groups is 3. The lowest BCUT2D eigenvalue weighted by atomic mass is 10.1. The van der Waals surface area contributed by atoms with Crippen molar-refractivity contribution in [3.05, 3.63) is 72.9 Å². The fourth-order valence-electron chi connectivity index (χ4n) is 4.82. The number of esters is 3. The summed E-state index contributed by atoms with van der Waals surface area (Å²) in [7, 11) is 0. The molecule has 0 atom stereocenters. The van der Waals surface area contributed by atoms with Gasteiger partial charge in [-0.3, -0.25) is 14.4 Å². The Hall–Kier alpha value is -3.15. The number of allylic oxidation sites excluding steroid dienone is 12. The predicted octanol–water partition coefficient (Wildman–Crippen LogP) is 12.0. The van der Waals surface area contributed by atoms with Gasteiger partial charge in [-0.1, -0.05) is 158 Å². The molecule has 0 aliphatic heterocycles. The first kappa shape index (κ1) is 45.9. The molecule has 0 fully saturated rings. The molecule has 0 aliphatic carbocycles. The van der Waals surface area contributed by atoms with E-state index in [1.807, 2.05) is 12.2 Å². The molecule has 49 heavy (non-hydrogen) atoms. The van der Waals surface area contributed by atoms with Gasteiger partial charge in [-0.2, -0.15) is 0 Å². The number of rotatable bonds is 33. The maximum absolute atomic E-state index is 12.6. The zero-order valence-corrected chi connectivity index (χ0v) is 31.4. The fourth-order valence-corrected chi connectivity index (χ4v) is 4.82. The van der Waals surface area contributed by atoms with Crippen molar-refractivity contribution in [1.82, 2.24) is 0 Å². The molecule has 0 saturated carbocycles. The van der Waals surface area contributed by atoms with Gasteiger partial charge in [-0.25, -0.2) is 0 Å². The van der Waals surface area contributed by atoms with Crippen LogP contribution in [0.15, 0.2) is 72.9 Å². The Morgan fingerprint density at radius 1 is 0.429 bits per heavy atom. The van der Waals surface area contributed by atoms with Crippen molar-refractivity contribution in [2.45, 2.75) is 168 Å². The first-order valence-electron chi connectivity index (χ1n) is 19.4. The smallest absolute Gasteiger partial charge is 0.306 e.